The molecule has 2 heterocycles. The van der Waals surface area contributed by atoms with Crippen LogP contribution >= 0.6 is 7.82 Å². The first-order valence-electron chi connectivity index (χ1n) is 15.2. The third kappa shape index (κ3) is 6.23. The van der Waals surface area contributed by atoms with Crippen molar-refractivity contribution in [3.63, 3.8) is 0 Å². The van der Waals surface area contributed by atoms with E-state index >= 15 is 0 Å². The molecule has 0 spiro atoms. The third-order valence-electron chi connectivity index (χ3n) is 10.7. The van der Waals surface area contributed by atoms with Gasteiger partial charge in [0.2, 0.25) is 0 Å². The number of hydrogen-bond donors (Lipinski definition) is 3. The molecule has 2 aromatic rings. The predicted octanol–water partition coefficient (Wildman–Crippen LogP) is 5.78. The summed E-state index contributed by atoms with van der Waals surface area (Å²) in [6, 6.07) is 10.4. The van der Waals surface area contributed by atoms with E-state index in [4.69, 9.17) is 24.5 Å². The average molecular weight is 618 g/mol. The Morgan fingerprint density at radius 3 is 2.45 bits per heavy atom. The Labute approximate surface area is 258 Å². The van der Waals surface area contributed by atoms with Crippen LogP contribution in [-0.4, -0.2) is 35.8 Å². The van der Waals surface area contributed by atoms with Crippen molar-refractivity contribution in [3.8, 4) is 6.07 Å². The molecule has 9 nitrogen and oxygen atoms in total. The highest BCUT2D eigenvalue weighted by atomic mass is 31.2. The highest BCUT2D eigenvalue weighted by Gasteiger charge is 2.59. The molecule has 7 rings (SSSR count). The Hall–Kier alpha value is -3.41. The summed E-state index contributed by atoms with van der Waals surface area (Å²) in [6.45, 7) is 8.75. The second kappa shape index (κ2) is 12.2. The highest BCUT2D eigenvalue weighted by molar-refractivity contribution is 7.45. The number of nitrogens with zero attached hydrogens (tertiary/aromatic N) is 3. The van der Waals surface area contributed by atoms with Crippen molar-refractivity contribution < 1.29 is 28.8 Å². The van der Waals surface area contributed by atoms with E-state index in [0.29, 0.717) is 29.6 Å². The van der Waals surface area contributed by atoms with E-state index in [1.807, 2.05) is 24.7 Å². The number of Topliss-reactive ketones (excluding diaryl/α,β-unsaturated/α-hetero) is 1. The molecule has 1 aromatic carbocycles. The fourth-order valence-corrected chi connectivity index (χ4v) is 8.51. The third-order valence-corrected chi connectivity index (χ3v) is 10.7. The summed E-state index contributed by atoms with van der Waals surface area (Å²) in [4.78, 5) is 50.0. The standard InChI is InChI=1S/C20H24O2.C14H13N3.H3O4P/c1-12-10-14-15-4-5-18(22)20(15,3)9-7-16(14)19(2)8-6-13(21)11-17(12)19;15-8-11-4-6-12(7-5-11)14-3-1-2-13-9-16-10-17(13)14;1-5(2,3)4/h6,8,11,14-16H,1,4-5,7,9-10H2,2-3H3;4-7,9-10,14H,1-3H2;(H3,1,2,3,4)/t14-,15-,16-,19+,20-;;/m0../s1. The SMILES string of the molecule is C=C1C[C@@H]2[C@H](CC[C@]3(C)C(=O)CC[C@@H]23)[C@@]2(C)C=CC(=O)C=C12.N#Cc1ccc(C2CCCc3cncn32)cc1.O=P(O)(O)O. The largest absolute Gasteiger partial charge is 0.466 e. The van der Waals surface area contributed by atoms with Gasteiger partial charge < -0.3 is 19.2 Å². The van der Waals surface area contributed by atoms with E-state index in [0.717, 1.165) is 61.7 Å². The Morgan fingerprint density at radius 1 is 1.07 bits per heavy atom. The Kier molecular flexibility index (Phi) is 8.85. The fraction of sp³-hybridized carbons (Fsp3) is 0.471. The molecule has 3 N–H and O–H groups in total. The first kappa shape index (κ1) is 32.0. The number of hydrogen-bond acceptors (Lipinski definition) is 5. The number of rotatable bonds is 1. The molecule has 3 saturated carbocycles. The van der Waals surface area contributed by atoms with E-state index in [2.05, 4.69) is 54.3 Å². The van der Waals surface area contributed by atoms with Crippen molar-refractivity contribution in [2.75, 3.05) is 0 Å². The highest BCUT2D eigenvalue weighted by Crippen LogP contribution is 2.64. The zero-order valence-electron chi connectivity index (χ0n) is 25.2. The Bertz CT molecular complexity index is 1600. The smallest absolute Gasteiger partial charge is 0.327 e. The molecule has 10 heteroatoms. The lowest BCUT2D eigenvalue weighted by molar-refractivity contribution is -0.131. The predicted molar refractivity (Wildman–Crippen MR) is 165 cm³/mol. The van der Waals surface area contributed by atoms with Gasteiger partial charge in [-0.15, -0.1) is 0 Å². The van der Waals surface area contributed by atoms with Gasteiger partial charge in [-0.2, -0.15) is 5.26 Å². The van der Waals surface area contributed by atoms with E-state index in [-0.39, 0.29) is 16.6 Å². The molecular weight excluding hydrogens is 577 g/mol. The maximum atomic E-state index is 12.4. The van der Waals surface area contributed by atoms with E-state index < -0.39 is 7.82 Å². The topological polar surface area (TPSA) is 154 Å². The minimum Gasteiger partial charge on any atom is -0.327 e. The van der Waals surface area contributed by atoms with Gasteiger partial charge in [0.1, 0.15) is 5.78 Å². The molecular formula is C34H40N3O6P. The molecule has 0 amide bonds. The van der Waals surface area contributed by atoms with Gasteiger partial charge in [-0.05, 0) is 98.1 Å². The van der Waals surface area contributed by atoms with Crippen molar-refractivity contribution in [2.24, 2.45) is 28.6 Å². The number of ketones is 2. The van der Waals surface area contributed by atoms with Crippen molar-refractivity contribution in [1.29, 1.82) is 5.26 Å². The molecule has 0 bridgehead atoms. The monoisotopic (exact) mass is 617 g/mol. The van der Waals surface area contributed by atoms with Crippen molar-refractivity contribution in [1.82, 2.24) is 9.55 Å². The minimum absolute atomic E-state index is 0.0686. The van der Waals surface area contributed by atoms with Crippen LogP contribution in [-0.2, 0) is 20.6 Å². The molecule has 1 aliphatic heterocycles. The summed E-state index contributed by atoms with van der Waals surface area (Å²) in [6.07, 6.45) is 17.8. The molecule has 0 saturated heterocycles. The van der Waals surface area contributed by atoms with Gasteiger partial charge >= 0.3 is 7.82 Å². The molecule has 232 valence electrons. The average Bonchev–Trinajstić information content (AvgIpc) is 3.58. The molecule has 3 fully saturated rings. The van der Waals surface area contributed by atoms with Crippen LogP contribution in [0, 0.1) is 39.9 Å². The van der Waals surface area contributed by atoms with Crippen molar-refractivity contribution in [3.05, 3.63) is 89.6 Å². The quantitative estimate of drug-likeness (QED) is 0.340. The normalized spacial score (nSPS) is 31.9. The van der Waals surface area contributed by atoms with Crippen LogP contribution in [0.25, 0.3) is 0 Å². The summed E-state index contributed by atoms with van der Waals surface area (Å²) in [7, 11) is -4.64. The number of imidazole rings is 1. The van der Waals surface area contributed by atoms with Gasteiger partial charge in [-0.3, -0.25) is 9.59 Å². The van der Waals surface area contributed by atoms with Crippen molar-refractivity contribution in [2.45, 2.75) is 71.3 Å². The van der Waals surface area contributed by atoms with Crippen LogP contribution in [0.3, 0.4) is 0 Å². The van der Waals surface area contributed by atoms with Gasteiger partial charge in [-0.1, -0.05) is 44.2 Å². The lowest BCUT2D eigenvalue weighted by atomic mass is 9.48. The zero-order chi connectivity index (χ0) is 31.9. The van der Waals surface area contributed by atoms with E-state index in [1.165, 1.54) is 17.7 Å². The molecule has 4 aliphatic carbocycles. The van der Waals surface area contributed by atoms with E-state index in [1.54, 1.807) is 12.2 Å². The zero-order valence-corrected chi connectivity index (χ0v) is 26.1. The van der Waals surface area contributed by atoms with Gasteiger partial charge in [0.15, 0.2) is 5.78 Å². The lowest BCUT2D eigenvalue weighted by Gasteiger charge is -2.56. The molecule has 1 aromatic heterocycles. The number of nitriles is 1. The first-order chi connectivity index (χ1) is 20.7. The fourth-order valence-electron chi connectivity index (χ4n) is 8.51. The number of aromatic nitrogens is 2. The summed E-state index contributed by atoms with van der Waals surface area (Å²) < 4.78 is 11.1. The van der Waals surface area contributed by atoms with Crippen LogP contribution < -0.4 is 0 Å². The number of carbonyl (C=O) groups is 2. The summed E-state index contributed by atoms with van der Waals surface area (Å²) in [5, 5.41) is 8.80. The second-order valence-electron chi connectivity index (χ2n) is 13.1. The van der Waals surface area contributed by atoms with Gasteiger partial charge in [0.25, 0.3) is 0 Å². The number of fused-ring (bicyclic) bond motifs is 6. The van der Waals surface area contributed by atoms with Gasteiger partial charge in [0, 0.05) is 29.1 Å². The second-order valence-corrected chi connectivity index (χ2v) is 14.2. The van der Waals surface area contributed by atoms with Gasteiger partial charge in [-0.25, -0.2) is 9.55 Å². The maximum absolute atomic E-state index is 12.4. The molecule has 0 radical (unpaired) electrons. The van der Waals surface area contributed by atoms with Crippen LogP contribution in [0.15, 0.2) is 72.7 Å². The summed E-state index contributed by atoms with van der Waals surface area (Å²) in [5.74, 6) is 2.14. The van der Waals surface area contributed by atoms with Crippen LogP contribution in [0.2, 0.25) is 0 Å². The molecule has 44 heavy (non-hydrogen) atoms. The number of phosphoric acid groups is 1. The minimum atomic E-state index is -4.64. The number of benzene rings is 1. The number of carbonyl (C=O) groups excluding carboxylic acids is 2. The Balaban J connectivity index is 0.000000155. The van der Waals surface area contributed by atoms with E-state index in [9.17, 15) is 9.59 Å². The lowest BCUT2D eigenvalue weighted by Crippen LogP contribution is -2.50. The van der Waals surface area contributed by atoms with Crippen LogP contribution in [0.5, 0.6) is 0 Å². The molecule has 5 aliphatic rings. The molecule has 1 unspecified atom stereocenters. The first-order valence-corrected chi connectivity index (χ1v) is 16.8. The van der Waals surface area contributed by atoms with Gasteiger partial charge in [0.05, 0.1) is 24.0 Å². The van der Waals surface area contributed by atoms with Crippen molar-refractivity contribution >= 4 is 19.4 Å². The summed E-state index contributed by atoms with van der Waals surface area (Å²) in [5.41, 5.74) is 5.39. The Morgan fingerprint density at radius 2 is 1.77 bits per heavy atom. The maximum Gasteiger partial charge on any atom is 0.466 e. The van der Waals surface area contributed by atoms with Crippen LogP contribution in [0.1, 0.15) is 81.7 Å². The molecule has 6 atom stereocenters. The number of aryl methyl sites for hydroxylation is 1. The summed E-state index contributed by atoms with van der Waals surface area (Å²) >= 11 is 0. The number of allylic oxidation sites excluding steroid dienone is 5. The van der Waals surface area contributed by atoms with Crippen LogP contribution in [0.4, 0.5) is 0 Å².